The van der Waals surface area contributed by atoms with E-state index in [0.29, 0.717) is 26.1 Å². The van der Waals surface area contributed by atoms with E-state index in [1.54, 1.807) is 0 Å². The molecule has 1 rings (SSSR count). The summed E-state index contributed by atoms with van der Waals surface area (Å²) in [6.45, 7) is 3.97. The molecule has 27 heavy (non-hydrogen) atoms. The molecule has 0 bridgehead atoms. The Labute approximate surface area is 165 Å². The maximum Gasteiger partial charge on any atom is 0.305 e. The van der Waals surface area contributed by atoms with Crippen molar-refractivity contribution in [2.75, 3.05) is 19.8 Å². The van der Waals surface area contributed by atoms with Gasteiger partial charge in [-0.2, -0.15) is 0 Å². The van der Waals surface area contributed by atoms with Crippen LogP contribution in [0.4, 0.5) is 0 Å². The summed E-state index contributed by atoms with van der Waals surface area (Å²) in [5.41, 5.74) is 0. The van der Waals surface area contributed by atoms with Crippen LogP contribution in [-0.2, 0) is 23.8 Å². The summed E-state index contributed by atoms with van der Waals surface area (Å²) in [5.74, 6) is -0.164. The van der Waals surface area contributed by atoms with Crippen LogP contribution in [0.2, 0.25) is 0 Å². The molecule has 1 fully saturated rings. The number of carbonyl (C=O) groups is 2. The lowest BCUT2D eigenvalue weighted by Crippen LogP contribution is -2.17. The molecule has 5 nitrogen and oxygen atoms in total. The second-order valence-electron chi connectivity index (χ2n) is 7.57. The summed E-state index contributed by atoms with van der Waals surface area (Å²) in [6, 6.07) is 0. The van der Waals surface area contributed by atoms with Gasteiger partial charge in [-0.1, -0.05) is 58.3 Å². The summed E-state index contributed by atoms with van der Waals surface area (Å²) in [6.07, 6.45) is 15.2. The van der Waals surface area contributed by atoms with E-state index < -0.39 is 0 Å². The smallest absolute Gasteiger partial charge is 0.305 e. The standard InChI is InChI=1S/C22H40O5/c1-2-3-4-9-12-17-26-21(23)15-10-7-5-6-8-11-16-22(24)27-19-20-14-13-18-25-20/h20H,2-19H2,1H3. The number of ether oxygens (including phenoxy) is 3. The summed E-state index contributed by atoms with van der Waals surface area (Å²) in [4.78, 5) is 23.3. The molecule has 0 aromatic rings. The van der Waals surface area contributed by atoms with E-state index in [1.165, 1.54) is 19.3 Å². The van der Waals surface area contributed by atoms with Gasteiger partial charge in [0.1, 0.15) is 6.61 Å². The normalized spacial score (nSPS) is 16.4. The lowest BCUT2D eigenvalue weighted by atomic mass is 10.1. The van der Waals surface area contributed by atoms with Crippen molar-refractivity contribution in [1.82, 2.24) is 0 Å². The van der Waals surface area contributed by atoms with E-state index >= 15 is 0 Å². The number of unbranched alkanes of at least 4 members (excludes halogenated alkanes) is 9. The van der Waals surface area contributed by atoms with Gasteiger partial charge in [0.05, 0.1) is 12.7 Å². The highest BCUT2D eigenvalue weighted by molar-refractivity contribution is 5.69. The molecule has 0 aromatic carbocycles. The average Bonchev–Trinajstić information content (AvgIpc) is 3.18. The maximum absolute atomic E-state index is 11.6. The van der Waals surface area contributed by atoms with Crippen molar-refractivity contribution in [3.8, 4) is 0 Å². The van der Waals surface area contributed by atoms with Crippen molar-refractivity contribution in [2.24, 2.45) is 0 Å². The predicted octanol–water partition coefficient (Wildman–Crippen LogP) is 5.34. The zero-order valence-electron chi connectivity index (χ0n) is 17.3. The molecule has 5 heteroatoms. The van der Waals surface area contributed by atoms with Crippen molar-refractivity contribution in [3.05, 3.63) is 0 Å². The van der Waals surface area contributed by atoms with Crippen LogP contribution in [0.15, 0.2) is 0 Å². The summed E-state index contributed by atoms with van der Waals surface area (Å²) >= 11 is 0. The largest absolute Gasteiger partial charge is 0.466 e. The van der Waals surface area contributed by atoms with Crippen molar-refractivity contribution in [2.45, 2.75) is 109 Å². The fourth-order valence-corrected chi connectivity index (χ4v) is 3.24. The van der Waals surface area contributed by atoms with Crippen LogP contribution in [0.5, 0.6) is 0 Å². The Morgan fingerprint density at radius 2 is 1.41 bits per heavy atom. The highest BCUT2D eigenvalue weighted by Crippen LogP contribution is 2.13. The van der Waals surface area contributed by atoms with E-state index in [2.05, 4.69) is 6.92 Å². The second kappa shape index (κ2) is 17.0. The van der Waals surface area contributed by atoms with E-state index in [0.717, 1.165) is 70.8 Å². The Bertz CT molecular complexity index is 377. The Balaban J connectivity index is 1.78. The van der Waals surface area contributed by atoms with Crippen molar-refractivity contribution >= 4 is 11.9 Å². The third-order valence-electron chi connectivity index (χ3n) is 4.98. The van der Waals surface area contributed by atoms with Crippen LogP contribution >= 0.6 is 0 Å². The minimum Gasteiger partial charge on any atom is -0.466 e. The minimum absolute atomic E-state index is 0.0560. The number of carbonyl (C=O) groups excluding carboxylic acids is 2. The summed E-state index contributed by atoms with van der Waals surface area (Å²) < 4.78 is 15.9. The third-order valence-corrected chi connectivity index (χ3v) is 4.98. The Morgan fingerprint density at radius 1 is 0.815 bits per heavy atom. The molecule has 1 heterocycles. The molecule has 1 saturated heterocycles. The van der Waals surface area contributed by atoms with E-state index in [4.69, 9.17) is 14.2 Å². The molecule has 0 aromatic heterocycles. The van der Waals surface area contributed by atoms with Crippen LogP contribution in [0, 0.1) is 0 Å². The molecular formula is C22H40O5. The van der Waals surface area contributed by atoms with Crippen LogP contribution in [0.1, 0.15) is 103 Å². The van der Waals surface area contributed by atoms with E-state index in [1.807, 2.05) is 0 Å². The molecule has 0 aliphatic carbocycles. The minimum atomic E-state index is -0.108. The molecule has 0 N–H and O–H groups in total. The molecule has 0 radical (unpaired) electrons. The van der Waals surface area contributed by atoms with Gasteiger partial charge >= 0.3 is 11.9 Å². The van der Waals surface area contributed by atoms with Gasteiger partial charge in [-0.05, 0) is 32.1 Å². The van der Waals surface area contributed by atoms with Gasteiger partial charge in [-0.15, -0.1) is 0 Å². The highest BCUT2D eigenvalue weighted by Gasteiger charge is 2.17. The van der Waals surface area contributed by atoms with Crippen LogP contribution < -0.4 is 0 Å². The van der Waals surface area contributed by atoms with Crippen LogP contribution in [-0.4, -0.2) is 37.9 Å². The molecule has 1 unspecified atom stereocenters. The number of hydrogen-bond donors (Lipinski definition) is 0. The number of rotatable bonds is 17. The summed E-state index contributed by atoms with van der Waals surface area (Å²) in [5, 5.41) is 0. The highest BCUT2D eigenvalue weighted by atomic mass is 16.6. The van der Waals surface area contributed by atoms with Gasteiger partial charge in [0.25, 0.3) is 0 Å². The topological polar surface area (TPSA) is 61.8 Å². The molecule has 0 spiro atoms. The first-order chi connectivity index (χ1) is 13.2. The molecule has 0 saturated carbocycles. The molecule has 1 atom stereocenters. The maximum atomic E-state index is 11.6. The number of esters is 2. The van der Waals surface area contributed by atoms with Crippen LogP contribution in [0.25, 0.3) is 0 Å². The van der Waals surface area contributed by atoms with Crippen molar-refractivity contribution < 1.29 is 23.8 Å². The average molecular weight is 385 g/mol. The van der Waals surface area contributed by atoms with Crippen molar-refractivity contribution in [1.29, 1.82) is 0 Å². The predicted molar refractivity (Wildman–Crippen MR) is 107 cm³/mol. The van der Waals surface area contributed by atoms with Gasteiger partial charge in [0.15, 0.2) is 0 Å². The van der Waals surface area contributed by atoms with Gasteiger partial charge in [0, 0.05) is 19.4 Å². The lowest BCUT2D eigenvalue weighted by molar-refractivity contribution is -0.147. The quantitative estimate of drug-likeness (QED) is 0.250. The van der Waals surface area contributed by atoms with E-state index in [9.17, 15) is 9.59 Å². The summed E-state index contributed by atoms with van der Waals surface area (Å²) in [7, 11) is 0. The first-order valence-corrected chi connectivity index (χ1v) is 11.1. The first-order valence-electron chi connectivity index (χ1n) is 11.1. The zero-order valence-corrected chi connectivity index (χ0v) is 17.3. The molecular weight excluding hydrogens is 344 g/mol. The number of hydrogen-bond acceptors (Lipinski definition) is 5. The second-order valence-corrected chi connectivity index (χ2v) is 7.57. The molecule has 0 amide bonds. The Kier molecular flexibility index (Phi) is 15.1. The molecule has 158 valence electrons. The fourth-order valence-electron chi connectivity index (χ4n) is 3.24. The SMILES string of the molecule is CCCCCCCOC(=O)CCCCCCCCC(=O)OCC1CCCO1. The zero-order chi connectivity index (χ0) is 19.6. The lowest BCUT2D eigenvalue weighted by Gasteiger charge is -2.10. The van der Waals surface area contributed by atoms with E-state index in [-0.39, 0.29) is 18.0 Å². The third kappa shape index (κ3) is 14.6. The Morgan fingerprint density at radius 3 is 2.04 bits per heavy atom. The Hall–Kier alpha value is -1.10. The molecule has 1 aliphatic heterocycles. The fraction of sp³-hybridized carbons (Fsp3) is 0.909. The molecule has 1 aliphatic rings. The van der Waals surface area contributed by atoms with Crippen molar-refractivity contribution in [3.63, 3.8) is 0 Å². The first kappa shape index (κ1) is 23.9. The monoisotopic (exact) mass is 384 g/mol. The van der Waals surface area contributed by atoms with Gasteiger partial charge in [-0.3, -0.25) is 9.59 Å². The van der Waals surface area contributed by atoms with Crippen LogP contribution in [0.3, 0.4) is 0 Å². The van der Waals surface area contributed by atoms with Gasteiger partial charge in [0.2, 0.25) is 0 Å². The van der Waals surface area contributed by atoms with Gasteiger partial charge in [-0.25, -0.2) is 0 Å². The van der Waals surface area contributed by atoms with Gasteiger partial charge < -0.3 is 14.2 Å².